The van der Waals surface area contributed by atoms with E-state index in [0.29, 0.717) is 11.0 Å². The second-order valence-corrected chi connectivity index (χ2v) is 6.76. The lowest BCUT2D eigenvalue weighted by Gasteiger charge is -2.22. The van der Waals surface area contributed by atoms with Crippen LogP contribution in [-0.4, -0.2) is 48.2 Å². The zero-order valence-corrected chi connectivity index (χ0v) is 14.7. The molecule has 29 heavy (non-hydrogen) atoms. The second-order valence-electron chi connectivity index (χ2n) is 6.76. The Balaban J connectivity index is 1.60. The summed E-state index contributed by atoms with van der Waals surface area (Å²) < 4.78 is 45.3. The molecule has 2 aromatic heterocycles. The highest BCUT2D eigenvalue weighted by atomic mass is 19.4. The van der Waals surface area contributed by atoms with E-state index in [4.69, 9.17) is 10.5 Å². The van der Waals surface area contributed by atoms with Gasteiger partial charge in [0.1, 0.15) is 42.2 Å². The van der Waals surface area contributed by atoms with Crippen molar-refractivity contribution in [2.45, 2.75) is 36.8 Å². The van der Waals surface area contributed by atoms with Gasteiger partial charge in [-0.05, 0) is 23.8 Å². The molecule has 3 heterocycles. The standard InChI is InChI=1S/C18H17F3N4O4/c19-18(20,21)9-3-1-8(2-4-9)11(26)14-12(27)13(28)17(29-14)25-6-5-10-15(22)23-7-24-16(10)25/h1-7,11-14,17,26-28H,(H2,22,23,24)/t11?,12-,13+,14?,17+/m0/s1. The van der Waals surface area contributed by atoms with Crippen molar-refractivity contribution in [1.29, 1.82) is 0 Å². The number of hydrogen-bond donors (Lipinski definition) is 4. The maximum absolute atomic E-state index is 12.7. The topological polar surface area (TPSA) is 127 Å². The molecule has 0 bridgehead atoms. The van der Waals surface area contributed by atoms with E-state index in [1.807, 2.05) is 0 Å². The first-order valence-electron chi connectivity index (χ1n) is 8.62. The van der Waals surface area contributed by atoms with E-state index in [-0.39, 0.29) is 11.4 Å². The number of benzene rings is 1. The van der Waals surface area contributed by atoms with Crippen molar-refractivity contribution in [3.05, 3.63) is 54.0 Å². The Morgan fingerprint density at radius 3 is 2.41 bits per heavy atom. The highest BCUT2D eigenvalue weighted by Crippen LogP contribution is 2.38. The molecule has 8 nitrogen and oxygen atoms in total. The Labute approximate surface area is 162 Å². The molecular formula is C18H17F3N4O4. The van der Waals surface area contributed by atoms with Gasteiger partial charge < -0.3 is 30.4 Å². The molecule has 1 aliphatic heterocycles. The Bertz CT molecular complexity index is 1020. The Kier molecular flexibility index (Phi) is 4.69. The van der Waals surface area contributed by atoms with Gasteiger partial charge in [-0.1, -0.05) is 12.1 Å². The first-order valence-corrected chi connectivity index (χ1v) is 8.62. The van der Waals surface area contributed by atoms with E-state index in [2.05, 4.69) is 9.97 Å². The highest BCUT2D eigenvalue weighted by Gasteiger charge is 2.47. The first-order chi connectivity index (χ1) is 13.7. The fraction of sp³-hybridized carbons (Fsp3) is 0.333. The maximum Gasteiger partial charge on any atom is 0.416 e. The molecule has 1 aliphatic rings. The quantitative estimate of drug-likeness (QED) is 0.514. The number of ether oxygens (including phenoxy) is 1. The zero-order chi connectivity index (χ0) is 20.9. The van der Waals surface area contributed by atoms with Gasteiger partial charge in [0.25, 0.3) is 0 Å². The number of anilines is 1. The highest BCUT2D eigenvalue weighted by molar-refractivity contribution is 5.86. The number of nitrogen functional groups attached to an aromatic ring is 1. The van der Waals surface area contributed by atoms with Crippen molar-refractivity contribution in [2.24, 2.45) is 0 Å². The number of nitrogens with zero attached hydrogens (tertiary/aromatic N) is 3. The van der Waals surface area contributed by atoms with E-state index < -0.39 is 42.4 Å². The summed E-state index contributed by atoms with van der Waals surface area (Å²) in [7, 11) is 0. The van der Waals surface area contributed by atoms with Crippen LogP contribution in [0.15, 0.2) is 42.9 Å². The summed E-state index contributed by atoms with van der Waals surface area (Å²) in [4.78, 5) is 7.97. The molecule has 0 aliphatic carbocycles. The molecule has 1 fully saturated rings. The van der Waals surface area contributed by atoms with Crippen molar-refractivity contribution < 1.29 is 33.2 Å². The van der Waals surface area contributed by atoms with Crippen LogP contribution in [0.5, 0.6) is 0 Å². The molecule has 2 unspecified atom stereocenters. The molecule has 1 saturated heterocycles. The van der Waals surface area contributed by atoms with Crippen LogP contribution in [0.25, 0.3) is 11.0 Å². The molecule has 3 aromatic rings. The number of aromatic nitrogens is 3. The minimum absolute atomic E-state index is 0.110. The normalized spacial score (nSPS) is 26.1. The Morgan fingerprint density at radius 2 is 1.76 bits per heavy atom. The number of hydrogen-bond acceptors (Lipinski definition) is 7. The van der Waals surface area contributed by atoms with Gasteiger partial charge in [0.2, 0.25) is 0 Å². The molecule has 4 rings (SSSR count). The van der Waals surface area contributed by atoms with Crippen molar-refractivity contribution in [3.63, 3.8) is 0 Å². The van der Waals surface area contributed by atoms with Gasteiger partial charge in [-0.2, -0.15) is 13.2 Å². The second kappa shape index (κ2) is 6.95. The van der Waals surface area contributed by atoms with Crippen molar-refractivity contribution >= 4 is 16.9 Å². The lowest BCUT2D eigenvalue weighted by Crippen LogP contribution is -2.34. The van der Waals surface area contributed by atoms with Gasteiger partial charge in [-0.15, -0.1) is 0 Å². The summed E-state index contributed by atoms with van der Waals surface area (Å²) in [5.41, 5.74) is 5.39. The smallest absolute Gasteiger partial charge is 0.387 e. The average Bonchev–Trinajstić information content (AvgIpc) is 3.23. The molecule has 5 N–H and O–H groups in total. The van der Waals surface area contributed by atoms with E-state index in [1.54, 1.807) is 12.3 Å². The van der Waals surface area contributed by atoms with Crippen LogP contribution in [0.3, 0.4) is 0 Å². The minimum atomic E-state index is -4.51. The van der Waals surface area contributed by atoms with Gasteiger partial charge in [0.15, 0.2) is 6.23 Å². The number of aliphatic hydroxyl groups is 3. The van der Waals surface area contributed by atoms with Gasteiger partial charge >= 0.3 is 6.18 Å². The van der Waals surface area contributed by atoms with Crippen molar-refractivity contribution in [1.82, 2.24) is 14.5 Å². The summed E-state index contributed by atoms with van der Waals surface area (Å²) in [6, 6.07) is 5.47. The predicted octanol–water partition coefficient (Wildman–Crippen LogP) is 1.39. The number of alkyl halides is 3. The average molecular weight is 410 g/mol. The van der Waals surface area contributed by atoms with E-state index in [9.17, 15) is 28.5 Å². The summed E-state index contributed by atoms with van der Waals surface area (Å²) in [5.74, 6) is 0.225. The number of rotatable bonds is 3. The van der Waals surface area contributed by atoms with E-state index >= 15 is 0 Å². The lowest BCUT2D eigenvalue weighted by atomic mass is 9.98. The third kappa shape index (κ3) is 3.31. The monoisotopic (exact) mass is 410 g/mol. The van der Waals surface area contributed by atoms with E-state index in [0.717, 1.165) is 24.3 Å². The lowest BCUT2D eigenvalue weighted by molar-refractivity contribution is -0.137. The van der Waals surface area contributed by atoms with Crippen molar-refractivity contribution in [2.75, 3.05) is 5.73 Å². The molecule has 0 saturated carbocycles. The largest absolute Gasteiger partial charge is 0.416 e. The third-order valence-corrected chi connectivity index (χ3v) is 4.98. The maximum atomic E-state index is 12.7. The van der Waals surface area contributed by atoms with Crippen LogP contribution < -0.4 is 5.73 Å². The van der Waals surface area contributed by atoms with Crippen LogP contribution >= 0.6 is 0 Å². The van der Waals surface area contributed by atoms with Gasteiger partial charge in [0, 0.05) is 6.20 Å². The summed E-state index contributed by atoms with van der Waals surface area (Å²) in [6.45, 7) is 0. The van der Waals surface area contributed by atoms with E-state index in [1.165, 1.54) is 10.9 Å². The molecule has 0 spiro atoms. The van der Waals surface area contributed by atoms with Crippen LogP contribution in [0.2, 0.25) is 0 Å². The van der Waals surface area contributed by atoms with Crippen molar-refractivity contribution in [3.8, 4) is 0 Å². The Hall–Kier alpha value is -2.73. The van der Waals surface area contributed by atoms with Crippen LogP contribution in [0.1, 0.15) is 23.5 Å². The fourth-order valence-corrected chi connectivity index (χ4v) is 3.43. The molecule has 1 aromatic carbocycles. The zero-order valence-electron chi connectivity index (χ0n) is 14.7. The molecule has 5 atom stereocenters. The molecule has 0 radical (unpaired) electrons. The SMILES string of the molecule is Nc1ncnc2c1ccn2[C@@H]1OC(C(O)c2ccc(C(F)(F)F)cc2)[C@@H](O)[C@H]1O. The van der Waals surface area contributed by atoms with Crippen LogP contribution in [0.4, 0.5) is 19.0 Å². The summed E-state index contributed by atoms with van der Waals surface area (Å²) >= 11 is 0. The van der Waals surface area contributed by atoms with Gasteiger partial charge in [-0.25, -0.2) is 9.97 Å². The summed E-state index contributed by atoms with van der Waals surface area (Å²) in [6.07, 6.45) is -8.47. The van der Waals surface area contributed by atoms with Gasteiger partial charge in [0.05, 0.1) is 10.9 Å². The molecule has 11 heteroatoms. The Morgan fingerprint density at radius 1 is 1.07 bits per heavy atom. The number of aliphatic hydroxyl groups excluding tert-OH is 3. The number of fused-ring (bicyclic) bond motifs is 1. The third-order valence-electron chi connectivity index (χ3n) is 4.98. The van der Waals surface area contributed by atoms with Gasteiger partial charge in [-0.3, -0.25) is 0 Å². The molecule has 154 valence electrons. The predicted molar refractivity (Wildman–Crippen MR) is 94.3 cm³/mol. The number of halogens is 3. The number of nitrogens with two attached hydrogens (primary N) is 1. The fourth-order valence-electron chi connectivity index (χ4n) is 3.43. The summed E-state index contributed by atoms with van der Waals surface area (Å²) in [5, 5.41) is 31.9. The first kappa shape index (κ1) is 19.6. The van der Waals surface area contributed by atoms with Crippen LogP contribution in [-0.2, 0) is 10.9 Å². The molecular weight excluding hydrogens is 393 g/mol. The minimum Gasteiger partial charge on any atom is -0.387 e. The van der Waals surface area contributed by atoms with Crippen LogP contribution in [0, 0.1) is 0 Å². The molecule has 0 amide bonds.